The molecule has 1 aromatic rings. The van der Waals surface area contributed by atoms with Gasteiger partial charge in [-0.15, -0.1) is 0 Å². The van der Waals surface area contributed by atoms with Crippen LogP contribution in [0.5, 0.6) is 5.75 Å². The highest BCUT2D eigenvalue weighted by molar-refractivity contribution is 5.86. The van der Waals surface area contributed by atoms with Gasteiger partial charge in [0.1, 0.15) is 5.75 Å². The number of likely N-dealkylation sites (N-methyl/N-ethyl adjacent to an activating group) is 1. The second-order valence-corrected chi connectivity index (χ2v) is 6.48. The maximum atomic E-state index is 12.4. The number of nitrogens with zero attached hydrogens (tertiary/aromatic N) is 2. The number of methoxy groups -OCH3 is 1. The van der Waals surface area contributed by atoms with Crippen molar-refractivity contribution in [1.29, 1.82) is 0 Å². The average Bonchev–Trinajstić information content (AvgIpc) is 2.63. The highest BCUT2D eigenvalue weighted by atomic mass is 16.6. The van der Waals surface area contributed by atoms with E-state index >= 15 is 0 Å². The number of piperazine rings is 1. The molecule has 0 bridgehead atoms. The third-order valence-corrected chi connectivity index (χ3v) is 4.38. The van der Waals surface area contributed by atoms with Gasteiger partial charge in [0.15, 0.2) is 6.23 Å². The Morgan fingerprint density at radius 2 is 1.96 bits per heavy atom. The Hall–Kier alpha value is -1.83. The Morgan fingerprint density at radius 1 is 1.23 bits per heavy atom. The highest BCUT2D eigenvalue weighted by Gasteiger charge is 2.26. The van der Waals surface area contributed by atoms with Crippen LogP contribution in [0.25, 0.3) is 0 Å². The number of carbonyl (C=O) groups is 1. The molecule has 1 unspecified atom stereocenters. The van der Waals surface area contributed by atoms with E-state index in [9.17, 15) is 4.79 Å². The predicted molar refractivity (Wildman–Crippen MR) is 102 cm³/mol. The lowest BCUT2D eigenvalue weighted by atomic mass is 10.3. The van der Waals surface area contributed by atoms with Crippen LogP contribution in [0.2, 0.25) is 0 Å². The molecule has 0 spiro atoms. The summed E-state index contributed by atoms with van der Waals surface area (Å²) in [5.74, 6) is 0.654. The number of amides is 1. The van der Waals surface area contributed by atoms with Crippen molar-refractivity contribution in [2.24, 2.45) is 0 Å². The number of nitrogens with one attached hydrogen (secondary N) is 1. The molecule has 1 atom stereocenters. The van der Waals surface area contributed by atoms with Crippen LogP contribution < -0.4 is 10.1 Å². The van der Waals surface area contributed by atoms with Crippen LogP contribution in [0.3, 0.4) is 0 Å². The van der Waals surface area contributed by atoms with E-state index in [1.165, 1.54) is 0 Å². The van der Waals surface area contributed by atoms with Gasteiger partial charge in [-0.05, 0) is 25.6 Å². The van der Waals surface area contributed by atoms with Crippen molar-refractivity contribution in [2.45, 2.75) is 26.0 Å². The number of unbranched alkanes of at least 4 members (excludes halogenated alkanes) is 1. The SMILES string of the molecule is CCCCOc1ccccc1NC(=O)OC(COC)N1CCN(C)CC1. The Kier molecular flexibility index (Phi) is 8.67. The lowest BCUT2D eigenvalue weighted by molar-refractivity contribution is -0.0658. The number of carbonyl (C=O) groups excluding carboxylic acids is 1. The van der Waals surface area contributed by atoms with Gasteiger partial charge in [-0.1, -0.05) is 25.5 Å². The number of benzene rings is 1. The molecule has 1 saturated heterocycles. The molecule has 1 aromatic carbocycles. The molecule has 1 aliphatic rings. The summed E-state index contributed by atoms with van der Waals surface area (Å²) in [6.45, 7) is 6.64. The van der Waals surface area contributed by atoms with Crippen molar-refractivity contribution in [3.8, 4) is 5.75 Å². The van der Waals surface area contributed by atoms with Crippen LogP contribution in [0.1, 0.15) is 19.8 Å². The summed E-state index contributed by atoms with van der Waals surface area (Å²) in [6.07, 6.45) is 1.12. The number of hydrogen-bond donors (Lipinski definition) is 1. The van der Waals surface area contributed by atoms with Crippen molar-refractivity contribution in [3.05, 3.63) is 24.3 Å². The summed E-state index contributed by atoms with van der Waals surface area (Å²) in [6, 6.07) is 7.40. The molecule has 0 aromatic heterocycles. The van der Waals surface area contributed by atoms with E-state index in [2.05, 4.69) is 29.1 Å². The van der Waals surface area contributed by atoms with Gasteiger partial charge in [0.05, 0.1) is 18.9 Å². The van der Waals surface area contributed by atoms with Gasteiger partial charge < -0.3 is 19.1 Å². The van der Waals surface area contributed by atoms with Crippen molar-refractivity contribution in [2.75, 3.05) is 58.9 Å². The quantitative estimate of drug-likeness (QED) is 0.679. The molecular weight excluding hydrogens is 334 g/mol. The summed E-state index contributed by atoms with van der Waals surface area (Å²) >= 11 is 0. The molecule has 0 aliphatic carbocycles. The topological polar surface area (TPSA) is 63.3 Å². The monoisotopic (exact) mass is 365 g/mol. The average molecular weight is 365 g/mol. The zero-order chi connectivity index (χ0) is 18.8. The third kappa shape index (κ3) is 6.48. The second kappa shape index (κ2) is 11.0. The number of ether oxygens (including phenoxy) is 3. The van der Waals surface area contributed by atoms with Gasteiger partial charge in [0, 0.05) is 33.3 Å². The first-order valence-corrected chi connectivity index (χ1v) is 9.25. The van der Waals surface area contributed by atoms with Gasteiger partial charge in [-0.3, -0.25) is 10.2 Å². The first-order valence-electron chi connectivity index (χ1n) is 9.25. The molecule has 1 fully saturated rings. The Bertz CT molecular complexity index is 547. The van der Waals surface area contributed by atoms with E-state index in [-0.39, 0.29) is 0 Å². The van der Waals surface area contributed by atoms with Crippen LogP contribution in [0.15, 0.2) is 24.3 Å². The van der Waals surface area contributed by atoms with E-state index in [0.717, 1.165) is 39.0 Å². The van der Waals surface area contributed by atoms with E-state index < -0.39 is 12.3 Å². The fourth-order valence-corrected chi connectivity index (χ4v) is 2.75. The van der Waals surface area contributed by atoms with Crippen LogP contribution >= 0.6 is 0 Å². The van der Waals surface area contributed by atoms with Gasteiger partial charge >= 0.3 is 6.09 Å². The molecule has 0 saturated carbocycles. The molecule has 7 nitrogen and oxygen atoms in total. The lowest BCUT2D eigenvalue weighted by Gasteiger charge is -2.36. The van der Waals surface area contributed by atoms with Crippen molar-refractivity contribution < 1.29 is 19.0 Å². The summed E-state index contributed by atoms with van der Waals surface area (Å²) in [5.41, 5.74) is 0.614. The van der Waals surface area contributed by atoms with Crippen molar-refractivity contribution >= 4 is 11.8 Å². The van der Waals surface area contributed by atoms with Crippen LogP contribution in [0.4, 0.5) is 10.5 Å². The molecule has 7 heteroatoms. The fourth-order valence-electron chi connectivity index (χ4n) is 2.75. The maximum Gasteiger partial charge on any atom is 0.413 e. The van der Waals surface area contributed by atoms with E-state index in [4.69, 9.17) is 14.2 Å². The predicted octanol–water partition coefficient (Wildman–Crippen LogP) is 2.63. The molecule has 26 heavy (non-hydrogen) atoms. The molecule has 1 amide bonds. The van der Waals surface area contributed by atoms with Gasteiger partial charge in [0.25, 0.3) is 0 Å². The number of para-hydroxylation sites is 2. The summed E-state index contributed by atoms with van der Waals surface area (Å²) in [7, 11) is 3.70. The van der Waals surface area contributed by atoms with E-state index in [1.807, 2.05) is 24.3 Å². The Morgan fingerprint density at radius 3 is 2.65 bits per heavy atom. The standard InChI is InChI=1S/C19H31N3O4/c1-4-5-14-25-17-9-7-6-8-16(17)20-19(23)26-18(15-24-3)22-12-10-21(2)11-13-22/h6-9,18H,4-5,10-15H2,1-3H3,(H,20,23). The minimum Gasteiger partial charge on any atom is -0.491 e. The molecular formula is C19H31N3O4. The van der Waals surface area contributed by atoms with Crippen LogP contribution in [-0.4, -0.2) is 75.7 Å². The Balaban J connectivity index is 1.93. The first kappa shape index (κ1) is 20.5. The maximum absolute atomic E-state index is 12.4. The van der Waals surface area contributed by atoms with Crippen LogP contribution in [-0.2, 0) is 9.47 Å². The smallest absolute Gasteiger partial charge is 0.413 e. The third-order valence-electron chi connectivity index (χ3n) is 4.38. The molecule has 1 heterocycles. The summed E-state index contributed by atoms with van der Waals surface area (Å²) in [4.78, 5) is 16.8. The molecule has 0 radical (unpaired) electrons. The van der Waals surface area contributed by atoms with Gasteiger partial charge in [0.2, 0.25) is 0 Å². The first-order chi connectivity index (χ1) is 12.6. The highest BCUT2D eigenvalue weighted by Crippen LogP contribution is 2.24. The normalized spacial score (nSPS) is 16.9. The van der Waals surface area contributed by atoms with Gasteiger partial charge in [-0.2, -0.15) is 0 Å². The zero-order valence-electron chi connectivity index (χ0n) is 16.1. The molecule has 2 rings (SSSR count). The fraction of sp³-hybridized carbons (Fsp3) is 0.632. The molecule has 1 aliphatic heterocycles. The van der Waals surface area contributed by atoms with Crippen LogP contribution in [0, 0.1) is 0 Å². The minimum absolute atomic E-state index is 0.339. The summed E-state index contributed by atoms with van der Waals surface area (Å²) < 4.78 is 16.6. The number of rotatable bonds is 9. The lowest BCUT2D eigenvalue weighted by Crippen LogP contribution is -2.52. The van der Waals surface area contributed by atoms with E-state index in [0.29, 0.717) is 24.7 Å². The molecule has 146 valence electrons. The van der Waals surface area contributed by atoms with Gasteiger partial charge in [-0.25, -0.2) is 4.79 Å². The van der Waals surface area contributed by atoms with E-state index in [1.54, 1.807) is 7.11 Å². The number of anilines is 1. The summed E-state index contributed by atoms with van der Waals surface area (Å²) in [5, 5.41) is 2.80. The second-order valence-electron chi connectivity index (χ2n) is 6.48. The number of hydrogen-bond acceptors (Lipinski definition) is 6. The minimum atomic E-state index is -0.502. The van der Waals surface area contributed by atoms with Crippen molar-refractivity contribution in [1.82, 2.24) is 9.80 Å². The largest absolute Gasteiger partial charge is 0.491 e. The molecule has 1 N–H and O–H groups in total. The Labute approximate surface area is 156 Å². The van der Waals surface area contributed by atoms with Crippen molar-refractivity contribution in [3.63, 3.8) is 0 Å². The zero-order valence-corrected chi connectivity index (χ0v) is 16.1.